The van der Waals surface area contributed by atoms with Crippen LogP contribution >= 0.6 is 0 Å². The van der Waals surface area contributed by atoms with E-state index in [4.69, 9.17) is 4.74 Å². The molecular weight excluding hydrogens is 212 g/mol. The van der Waals surface area contributed by atoms with Gasteiger partial charge >= 0.3 is 5.97 Å². The molecule has 0 fully saturated rings. The number of ether oxygens (including phenoxy) is 1. The minimum atomic E-state index is -0.605. The summed E-state index contributed by atoms with van der Waals surface area (Å²) >= 11 is 0. The molecule has 2 heteroatoms. The number of allylic oxidation sites excluding steroid dienone is 2. The van der Waals surface area contributed by atoms with Gasteiger partial charge in [0, 0.05) is 0 Å². The molecule has 17 heavy (non-hydrogen) atoms. The van der Waals surface area contributed by atoms with Gasteiger partial charge in [-0.05, 0) is 59.1 Å². The molecule has 0 saturated carbocycles. The van der Waals surface area contributed by atoms with Crippen LogP contribution in [0.2, 0.25) is 0 Å². The van der Waals surface area contributed by atoms with Crippen molar-refractivity contribution in [2.45, 2.75) is 47.5 Å². The molecular formula is C15H24O2. The van der Waals surface area contributed by atoms with Crippen molar-refractivity contribution >= 4 is 5.97 Å². The number of carbonyl (C=O) groups is 1. The van der Waals surface area contributed by atoms with Gasteiger partial charge in [0.15, 0.2) is 0 Å². The molecule has 0 aliphatic carbocycles. The molecule has 0 aliphatic heterocycles. The Morgan fingerprint density at radius 3 is 2.35 bits per heavy atom. The van der Waals surface area contributed by atoms with E-state index in [0.717, 1.165) is 18.4 Å². The maximum atomic E-state index is 11.4. The van der Waals surface area contributed by atoms with Crippen molar-refractivity contribution in [2.75, 3.05) is 7.11 Å². The summed E-state index contributed by atoms with van der Waals surface area (Å²) in [4.78, 5) is 11.4. The molecule has 96 valence electrons. The monoisotopic (exact) mass is 236 g/mol. The van der Waals surface area contributed by atoms with Crippen LogP contribution in [0.4, 0.5) is 0 Å². The van der Waals surface area contributed by atoms with Crippen molar-refractivity contribution in [1.82, 2.24) is 0 Å². The number of methoxy groups -OCH3 is 1. The maximum Gasteiger partial charge on any atom is 0.315 e. The van der Waals surface area contributed by atoms with Crippen molar-refractivity contribution < 1.29 is 9.53 Å². The summed E-state index contributed by atoms with van der Waals surface area (Å²) < 4.78 is 4.73. The lowest BCUT2D eigenvalue weighted by molar-refractivity contribution is -0.148. The Kier molecular flexibility index (Phi) is 6.60. The molecule has 0 rings (SSSR count). The van der Waals surface area contributed by atoms with Crippen LogP contribution in [0.25, 0.3) is 0 Å². The lowest BCUT2D eigenvalue weighted by Crippen LogP contribution is -2.22. The molecule has 0 atom stereocenters. The predicted molar refractivity (Wildman–Crippen MR) is 71.7 cm³/mol. The Morgan fingerprint density at radius 1 is 1.29 bits per heavy atom. The van der Waals surface area contributed by atoms with Crippen LogP contribution in [-0.2, 0) is 9.53 Å². The minimum absolute atomic E-state index is 0.234. The molecule has 0 radical (unpaired) electrons. The number of carbonyl (C=O) groups excluding carboxylic acids is 1. The van der Waals surface area contributed by atoms with Crippen LogP contribution < -0.4 is 0 Å². The van der Waals surface area contributed by atoms with Crippen molar-refractivity contribution in [3.8, 4) is 0 Å². The molecule has 0 N–H and O–H groups in total. The largest absolute Gasteiger partial charge is 0.468 e. The molecule has 0 saturated heterocycles. The Balaban J connectivity index is 4.56. The Bertz CT molecular complexity index is 349. The molecule has 0 aromatic heterocycles. The van der Waals surface area contributed by atoms with Gasteiger partial charge in [-0.25, -0.2) is 0 Å². The smallest absolute Gasteiger partial charge is 0.315 e. The molecule has 0 bridgehead atoms. The second kappa shape index (κ2) is 7.13. The summed E-state index contributed by atoms with van der Waals surface area (Å²) in [6.07, 6.45) is 5.99. The van der Waals surface area contributed by atoms with Gasteiger partial charge in [0.1, 0.15) is 0 Å². The Hall–Kier alpha value is -1.27. The summed E-state index contributed by atoms with van der Waals surface area (Å²) in [6.45, 7) is 9.87. The van der Waals surface area contributed by atoms with E-state index in [1.165, 1.54) is 12.7 Å². The fraction of sp³-hybridized carbons (Fsp3) is 0.600. The summed E-state index contributed by atoms with van der Waals surface area (Å²) in [5, 5.41) is 0. The lowest BCUT2D eigenvalue weighted by Gasteiger charge is -2.15. The average Bonchev–Trinajstić information content (AvgIpc) is 2.24. The Morgan fingerprint density at radius 2 is 1.88 bits per heavy atom. The van der Waals surface area contributed by atoms with Gasteiger partial charge in [0.05, 0.1) is 12.5 Å². The zero-order chi connectivity index (χ0) is 13.5. The second-order valence-corrected chi connectivity index (χ2v) is 5.10. The van der Waals surface area contributed by atoms with Gasteiger partial charge in [-0.1, -0.05) is 11.6 Å². The van der Waals surface area contributed by atoms with Crippen molar-refractivity contribution in [2.24, 2.45) is 5.41 Å². The van der Waals surface area contributed by atoms with Crippen LogP contribution in [0, 0.1) is 5.41 Å². The second-order valence-electron chi connectivity index (χ2n) is 5.10. The minimum Gasteiger partial charge on any atom is -0.468 e. The third-order valence-corrected chi connectivity index (χ3v) is 2.46. The van der Waals surface area contributed by atoms with E-state index in [2.05, 4.69) is 25.7 Å². The summed E-state index contributed by atoms with van der Waals surface area (Å²) in [5.74, 6) is -0.234. The number of rotatable bonds is 5. The molecule has 0 heterocycles. The third-order valence-electron chi connectivity index (χ3n) is 2.46. The van der Waals surface area contributed by atoms with E-state index in [9.17, 15) is 4.79 Å². The first-order chi connectivity index (χ1) is 7.79. The van der Waals surface area contributed by atoms with Gasteiger partial charge in [-0.3, -0.25) is 4.79 Å². The van der Waals surface area contributed by atoms with Crippen LogP contribution in [0.3, 0.4) is 0 Å². The topological polar surface area (TPSA) is 26.3 Å². The average molecular weight is 236 g/mol. The molecule has 0 aromatic rings. The summed E-state index contributed by atoms with van der Waals surface area (Å²) in [5.41, 5.74) is 5.05. The van der Waals surface area contributed by atoms with Gasteiger partial charge in [-0.15, -0.1) is 5.73 Å². The molecule has 0 unspecified atom stereocenters. The quantitative estimate of drug-likeness (QED) is 0.409. The first-order valence-corrected chi connectivity index (χ1v) is 5.94. The lowest BCUT2D eigenvalue weighted by atomic mass is 9.93. The van der Waals surface area contributed by atoms with E-state index in [0.29, 0.717) is 0 Å². The van der Waals surface area contributed by atoms with Crippen LogP contribution in [0.1, 0.15) is 47.5 Å². The van der Waals surface area contributed by atoms with Gasteiger partial charge in [0.2, 0.25) is 0 Å². The molecule has 0 spiro atoms. The van der Waals surface area contributed by atoms with Crippen molar-refractivity contribution in [3.63, 3.8) is 0 Å². The highest BCUT2D eigenvalue weighted by molar-refractivity contribution is 5.77. The van der Waals surface area contributed by atoms with E-state index >= 15 is 0 Å². The van der Waals surface area contributed by atoms with Crippen LogP contribution in [-0.4, -0.2) is 13.1 Å². The normalized spacial score (nSPS) is 10.2. The van der Waals surface area contributed by atoms with Gasteiger partial charge in [0.25, 0.3) is 0 Å². The molecule has 0 aliphatic rings. The number of hydrogen-bond acceptors (Lipinski definition) is 2. The molecule has 0 aromatic carbocycles. The zero-order valence-electron chi connectivity index (χ0n) is 11.9. The summed E-state index contributed by atoms with van der Waals surface area (Å²) in [6, 6.07) is 0. The maximum absolute atomic E-state index is 11.4. The predicted octanol–water partition coefficient (Wildman–Crippen LogP) is 4.03. The van der Waals surface area contributed by atoms with Crippen LogP contribution in [0.5, 0.6) is 0 Å². The highest BCUT2D eigenvalue weighted by atomic mass is 16.5. The Labute approximate surface area is 105 Å². The highest BCUT2D eigenvalue weighted by Gasteiger charge is 2.25. The van der Waals surface area contributed by atoms with Gasteiger partial charge in [-0.2, -0.15) is 0 Å². The van der Waals surface area contributed by atoms with Crippen molar-refractivity contribution in [1.29, 1.82) is 0 Å². The molecule has 2 nitrogen and oxygen atoms in total. The summed E-state index contributed by atoms with van der Waals surface area (Å²) in [7, 11) is 1.41. The SMILES string of the molecule is COC(=O)C(C)(C)C=C=C(C)CCC=C(C)C. The van der Waals surface area contributed by atoms with Crippen molar-refractivity contribution in [3.05, 3.63) is 29.0 Å². The fourth-order valence-corrected chi connectivity index (χ4v) is 1.28. The van der Waals surface area contributed by atoms with E-state index in [1.54, 1.807) is 6.08 Å². The van der Waals surface area contributed by atoms with E-state index < -0.39 is 5.41 Å². The van der Waals surface area contributed by atoms with E-state index in [1.807, 2.05) is 20.8 Å². The van der Waals surface area contributed by atoms with Crippen LogP contribution in [0.15, 0.2) is 29.0 Å². The molecule has 0 amide bonds. The highest BCUT2D eigenvalue weighted by Crippen LogP contribution is 2.18. The first-order valence-electron chi connectivity index (χ1n) is 5.94. The number of hydrogen-bond donors (Lipinski definition) is 0. The first kappa shape index (κ1) is 15.7. The fourth-order valence-electron chi connectivity index (χ4n) is 1.28. The van der Waals surface area contributed by atoms with E-state index in [-0.39, 0.29) is 5.97 Å². The third kappa shape index (κ3) is 6.80. The number of esters is 1. The van der Waals surface area contributed by atoms with Gasteiger partial charge < -0.3 is 4.74 Å². The standard InChI is InChI=1S/C15H24O2/c1-12(2)8-7-9-13(3)10-11-15(4,5)14(16)17-6/h8,11H,7,9H2,1-6H3. The zero-order valence-corrected chi connectivity index (χ0v) is 11.9.